The third kappa shape index (κ3) is 3.99. The lowest BCUT2D eigenvalue weighted by Gasteiger charge is -2.13. The van der Waals surface area contributed by atoms with Crippen molar-refractivity contribution in [1.82, 2.24) is 10.3 Å². The van der Waals surface area contributed by atoms with Crippen molar-refractivity contribution in [2.45, 2.75) is 39.8 Å². The van der Waals surface area contributed by atoms with E-state index in [-0.39, 0.29) is 6.10 Å². The zero-order chi connectivity index (χ0) is 12.0. The summed E-state index contributed by atoms with van der Waals surface area (Å²) in [5.41, 5.74) is 1.07. The molecule has 90 valence electrons. The molecule has 1 N–H and O–H groups in total. The molecule has 1 aromatic rings. The van der Waals surface area contributed by atoms with Gasteiger partial charge in [0.1, 0.15) is 5.02 Å². The molecule has 0 fully saturated rings. The molecule has 0 aliphatic heterocycles. The summed E-state index contributed by atoms with van der Waals surface area (Å²) in [6.45, 7) is 7.85. The van der Waals surface area contributed by atoms with E-state index in [1.54, 1.807) is 6.20 Å². The van der Waals surface area contributed by atoms with Gasteiger partial charge in [-0.1, -0.05) is 25.4 Å². The molecule has 0 aliphatic rings. The van der Waals surface area contributed by atoms with Crippen molar-refractivity contribution in [3.05, 3.63) is 22.8 Å². The molecule has 1 unspecified atom stereocenters. The summed E-state index contributed by atoms with van der Waals surface area (Å²) in [5, 5.41) is 3.80. The molecule has 0 amide bonds. The van der Waals surface area contributed by atoms with Crippen LogP contribution >= 0.6 is 11.6 Å². The van der Waals surface area contributed by atoms with Gasteiger partial charge in [-0.15, -0.1) is 0 Å². The summed E-state index contributed by atoms with van der Waals surface area (Å²) in [6, 6.07) is 1.90. The smallest absolute Gasteiger partial charge is 0.232 e. The van der Waals surface area contributed by atoms with Gasteiger partial charge in [0.05, 0.1) is 6.10 Å². The van der Waals surface area contributed by atoms with Crippen LogP contribution in [0.1, 0.15) is 32.8 Å². The number of rotatable bonds is 6. The minimum absolute atomic E-state index is 0.143. The molecule has 0 aromatic carbocycles. The highest BCUT2D eigenvalue weighted by atomic mass is 35.5. The Morgan fingerprint density at radius 3 is 2.81 bits per heavy atom. The largest absolute Gasteiger partial charge is 0.474 e. The fourth-order valence-electron chi connectivity index (χ4n) is 1.19. The molecule has 0 spiro atoms. The van der Waals surface area contributed by atoms with Crippen LogP contribution in [-0.4, -0.2) is 17.6 Å². The second kappa shape index (κ2) is 6.71. The monoisotopic (exact) mass is 242 g/mol. The molecule has 16 heavy (non-hydrogen) atoms. The molecule has 1 aromatic heterocycles. The Kier molecular flexibility index (Phi) is 5.56. The van der Waals surface area contributed by atoms with Crippen LogP contribution in [0.3, 0.4) is 0 Å². The fourth-order valence-corrected chi connectivity index (χ4v) is 1.43. The quantitative estimate of drug-likeness (QED) is 0.833. The number of hydrogen-bond acceptors (Lipinski definition) is 3. The SMILES string of the molecule is CCNCc1cnc(OC(C)CC)c(Cl)c1. The standard InChI is InChI=1S/C12H19ClN2O/c1-4-9(3)16-12-11(13)6-10(8-15-12)7-14-5-2/h6,8-9,14H,4-5,7H2,1-3H3. The molecule has 0 saturated carbocycles. The molecule has 4 heteroatoms. The van der Waals surface area contributed by atoms with Gasteiger partial charge < -0.3 is 10.1 Å². The van der Waals surface area contributed by atoms with E-state index in [2.05, 4.69) is 24.1 Å². The van der Waals surface area contributed by atoms with Crippen LogP contribution in [0.4, 0.5) is 0 Å². The minimum Gasteiger partial charge on any atom is -0.474 e. The Morgan fingerprint density at radius 1 is 1.50 bits per heavy atom. The van der Waals surface area contributed by atoms with E-state index < -0.39 is 0 Å². The van der Waals surface area contributed by atoms with Crippen LogP contribution in [0.15, 0.2) is 12.3 Å². The number of nitrogens with one attached hydrogen (secondary N) is 1. The Balaban J connectivity index is 2.67. The Labute approximate surface area is 102 Å². The van der Waals surface area contributed by atoms with Gasteiger partial charge in [0.2, 0.25) is 5.88 Å². The molecule has 1 heterocycles. The van der Waals surface area contributed by atoms with E-state index >= 15 is 0 Å². The summed E-state index contributed by atoms with van der Waals surface area (Å²) in [5.74, 6) is 0.524. The van der Waals surface area contributed by atoms with Crippen molar-refractivity contribution in [2.24, 2.45) is 0 Å². The predicted molar refractivity (Wildman–Crippen MR) is 67.0 cm³/mol. The molecular weight excluding hydrogens is 224 g/mol. The van der Waals surface area contributed by atoms with E-state index in [0.717, 1.165) is 25.1 Å². The minimum atomic E-state index is 0.143. The van der Waals surface area contributed by atoms with Crippen molar-refractivity contribution in [3.8, 4) is 5.88 Å². The molecular formula is C12H19ClN2O. The summed E-state index contributed by atoms with van der Waals surface area (Å²) in [4.78, 5) is 4.22. The first kappa shape index (κ1) is 13.3. The van der Waals surface area contributed by atoms with E-state index in [9.17, 15) is 0 Å². The number of pyridine rings is 1. The molecule has 0 radical (unpaired) electrons. The van der Waals surface area contributed by atoms with Gasteiger partial charge in [-0.3, -0.25) is 0 Å². The van der Waals surface area contributed by atoms with E-state index in [1.165, 1.54) is 0 Å². The normalized spacial score (nSPS) is 12.5. The first-order chi connectivity index (χ1) is 7.67. The lowest BCUT2D eigenvalue weighted by molar-refractivity contribution is 0.208. The van der Waals surface area contributed by atoms with Crippen molar-refractivity contribution in [3.63, 3.8) is 0 Å². The maximum Gasteiger partial charge on any atom is 0.232 e. The number of hydrogen-bond donors (Lipinski definition) is 1. The number of aromatic nitrogens is 1. The van der Waals surface area contributed by atoms with Gasteiger partial charge in [-0.25, -0.2) is 4.98 Å². The van der Waals surface area contributed by atoms with Crippen molar-refractivity contribution in [2.75, 3.05) is 6.54 Å². The third-order valence-corrected chi connectivity index (χ3v) is 2.60. The summed E-state index contributed by atoms with van der Waals surface area (Å²) in [6.07, 6.45) is 2.88. The van der Waals surface area contributed by atoms with Crippen LogP contribution in [-0.2, 0) is 6.54 Å². The van der Waals surface area contributed by atoms with Crippen LogP contribution in [0, 0.1) is 0 Å². The average molecular weight is 243 g/mol. The predicted octanol–water partition coefficient (Wildman–Crippen LogP) is 3.02. The van der Waals surface area contributed by atoms with Crippen LogP contribution in [0.2, 0.25) is 5.02 Å². The summed E-state index contributed by atoms with van der Waals surface area (Å²) in [7, 11) is 0. The zero-order valence-electron chi connectivity index (χ0n) is 10.1. The van der Waals surface area contributed by atoms with Gasteiger partial charge in [-0.05, 0) is 31.5 Å². The summed E-state index contributed by atoms with van der Waals surface area (Å²) < 4.78 is 5.59. The van der Waals surface area contributed by atoms with Gasteiger partial charge >= 0.3 is 0 Å². The lowest BCUT2D eigenvalue weighted by Crippen LogP contribution is -2.13. The maximum absolute atomic E-state index is 6.09. The average Bonchev–Trinajstić information content (AvgIpc) is 2.29. The van der Waals surface area contributed by atoms with Gasteiger partial charge in [-0.2, -0.15) is 0 Å². The Morgan fingerprint density at radius 2 is 2.25 bits per heavy atom. The van der Waals surface area contributed by atoms with Crippen molar-refractivity contribution < 1.29 is 4.74 Å². The lowest BCUT2D eigenvalue weighted by atomic mass is 10.3. The molecule has 1 atom stereocenters. The first-order valence-electron chi connectivity index (χ1n) is 5.69. The van der Waals surface area contributed by atoms with Crippen molar-refractivity contribution >= 4 is 11.6 Å². The third-order valence-electron chi connectivity index (χ3n) is 2.33. The first-order valence-corrected chi connectivity index (χ1v) is 6.07. The molecule has 3 nitrogen and oxygen atoms in total. The highest BCUT2D eigenvalue weighted by molar-refractivity contribution is 6.31. The molecule has 1 rings (SSSR count). The second-order valence-electron chi connectivity index (χ2n) is 3.75. The Hall–Kier alpha value is -0.800. The van der Waals surface area contributed by atoms with Gasteiger partial charge in [0.25, 0.3) is 0 Å². The maximum atomic E-state index is 6.09. The summed E-state index contributed by atoms with van der Waals surface area (Å²) >= 11 is 6.09. The van der Waals surface area contributed by atoms with Crippen molar-refractivity contribution in [1.29, 1.82) is 0 Å². The van der Waals surface area contributed by atoms with E-state index in [0.29, 0.717) is 10.9 Å². The van der Waals surface area contributed by atoms with Gasteiger partial charge in [0.15, 0.2) is 0 Å². The molecule has 0 saturated heterocycles. The number of ether oxygens (including phenoxy) is 1. The molecule has 0 aliphatic carbocycles. The number of nitrogens with zero attached hydrogens (tertiary/aromatic N) is 1. The Bertz CT molecular complexity index is 331. The van der Waals surface area contributed by atoms with Gasteiger partial charge in [0, 0.05) is 12.7 Å². The van der Waals surface area contributed by atoms with Crippen LogP contribution in [0.25, 0.3) is 0 Å². The molecule has 0 bridgehead atoms. The van der Waals surface area contributed by atoms with E-state index in [4.69, 9.17) is 16.3 Å². The topological polar surface area (TPSA) is 34.2 Å². The number of halogens is 1. The fraction of sp³-hybridized carbons (Fsp3) is 0.583. The van der Waals surface area contributed by atoms with Crippen LogP contribution in [0.5, 0.6) is 5.88 Å². The zero-order valence-corrected chi connectivity index (χ0v) is 10.8. The van der Waals surface area contributed by atoms with E-state index in [1.807, 2.05) is 13.0 Å². The highest BCUT2D eigenvalue weighted by Crippen LogP contribution is 2.23. The second-order valence-corrected chi connectivity index (χ2v) is 4.15. The highest BCUT2D eigenvalue weighted by Gasteiger charge is 2.07. The van der Waals surface area contributed by atoms with Crippen LogP contribution < -0.4 is 10.1 Å².